The Balaban J connectivity index is 2.18. The lowest BCUT2D eigenvalue weighted by molar-refractivity contribution is -0.137. The van der Waals surface area contributed by atoms with Crippen LogP contribution in [0.5, 0.6) is 0 Å². The average Bonchev–Trinajstić information content (AvgIpc) is 2.41. The van der Waals surface area contributed by atoms with Crippen LogP contribution in [0.3, 0.4) is 0 Å². The van der Waals surface area contributed by atoms with E-state index < -0.39 is 23.3 Å². The highest BCUT2D eigenvalue weighted by atomic mass is 35.5. The average molecular weight is 317 g/mol. The number of ketones is 1. The molecule has 0 aliphatic carbocycles. The van der Waals surface area contributed by atoms with Gasteiger partial charge in [0.1, 0.15) is 5.82 Å². The van der Waals surface area contributed by atoms with Gasteiger partial charge in [0.2, 0.25) is 0 Å². The van der Waals surface area contributed by atoms with Crippen molar-refractivity contribution >= 4 is 17.4 Å². The maximum Gasteiger partial charge on any atom is 0.416 e. The molecule has 0 aliphatic heterocycles. The van der Waals surface area contributed by atoms with Gasteiger partial charge in [-0.15, -0.1) is 0 Å². The van der Waals surface area contributed by atoms with Gasteiger partial charge < -0.3 is 0 Å². The van der Waals surface area contributed by atoms with E-state index in [0.29, 0.717) is 5.56 Å². The summed E-state index contributed by atoms with van der Waals surface area (Å²) in [4.78, 5) is 11.9. The lowest BCUT2D eigenvalue weighted by atomic mass is 10.0. The fourth-order valence-corrected chi connectivity index (χ4v) is 1.98. The number of rotatable bonds is 3. The Morgan fingerprint density at radius 2 is 1.67 bits per heavy atom. The van der Waals surface area contributed by atoms with Gasteiger partial charge in [0.25, 0.3) is 0 Å². The molecular formula is C15H9ClF4O. The zero-order valence-corrected chi connectivity index (χ0v) is 11.3. The van der Waals surface area contributed by atoms with Gasteiger partial charge in [-0.2, -0.15) is 13.2 Å². The van der Waals surface area contributed by atoms with Gasteiger partial charge in [-0.05, 0) is 35.9 Å². The summed E-state index contributed by atoms with van der Waals surface area (Å²) in [5.41, 5.74) is -0.609. The van der Waals surface area contributed by atoms with Crippen LogP contribution in [0.2, 0.25) is 5.02 Å². The van der Waals surface area contributed by atoms with E-state index in [1.165, 1.54) is 24.3 Å². The molecule has 1 nitrogen and oxygen atoms in total. The SMILES string of the molecule is O=C(Cc1ccc(C(F)(F)F)cc1)c1cc(Cl)ccc1F. The first-order chi connectivity index (χ1) is 9.77. The predicted octanol–water partition coefficient (Wildman–Crippen LogP) is 4.92. The monoisotopic (exact) mass is 316 g/mol. The van der Waals surface area contributed by atoms with Gasteiger partial charge >= 0.3 is 6.18 Å². The van der Waals surface area contributed by atoms with Crippen molar-refractivity contribution in [1.29, 1.82) is 0 Å². The summed E-state index contributed by atoms with van der Waals surface area (Å²) >= 11 is 5.69. The summed E-state index contributed by atoms with van der Waals surface area (Å²) in [7, 11) is 0. The molecule has 6 heteroatoms. The topological polar surface area (TPSA) is 17.1 Å². The molecule has 0 radical (unpaired) electrons. The fraction of sp³-hybridized carbons (Fsp3) is 0.133. The number of benzene rings is 2. The van der Waals surface area contributed by atoms with E-state index in [2.05, 4.69) is 0 Å². The minimum atomic E-state index is -4.43. The largest absolute Gasteiger partial charge is 0.416 e. The molecule has 0 saturated carbocycles. The fourth-order valence-electron chi connectivity index (χ4n) is 1.80. The van der Waals surface area contributed by atoms with Crippen molar-refractivity contribution in [2.45, 2.75) is 12.6 Å². The Morgan fingerprint density at radius 1 is 1.05 bits per heavy atom. The molecule has 0 spiro atoms. The van der Waals surface area contributed by atoms with Gasteiger partial charge in [-0.25, -0.2) is 4.39 Å². The molecule has 0 aliphatic rings. The van der Waals surface area contributed by atoms with Crippen molar-refractivity contribution in [2.75, 3.05) is 0 Å². The lowest BCUT2D eigenvalue weighted by Gasteiger charge is -2.08. The van der Waals surface area contributed by atoms with E-state index in [0.717, 1.165) is 18.2 Å². The van der Waals surface area contributed by atoms with Crippen LogP contribution < -0.4 is 0 Å². The van der Waals surface area contributed by atoms with E-state index in [1.807, 2.05) is 0 Å². The van der Waals surface area contributed by atoms with Crippen LogP contribution in [-0.4, -0.2) is 5.78 Å². The van der Waals surface area contributed by atoms with Crippen LogP contribution >= 0.6 is 11.6 Å². The second kappa shape index (κ2) is 5.85. The molecule has 110 valence electrons. The number of halogens is 5. The van der Waals surface area contributed by atoms with Crippen molar-refractivity contribution in [3.8, 4) is 0 Å². The second-order valence-electron chi connectivity index (χ2n) is 4.42. The minimum Gasteiger partial charge on any atom is -0.294 e. The number of Topliss-reactive ketones (excluding diaryl/α,β-unsaturated/α-hetero) is 1. The normalized spacial score (nSPS) is 11.5. The summed E-state index contributed by atoms with van der Waals surface area (Å²) in [6.45, 7) is 0. The molecule has 0 saturated heterocycles. The Morgan fingerprint density at radius 3 is 2.24 bits per heavy atom. The van der Waals surface area contributed by atoms with Crippen molar-refractivity contribution < 1.29 is 22.4 Å². The van der Waals surface area contributed by atoms with Crippen LogP contribution in [-0.2, 0) is 12.6 Å². The smallest absolute Gasteiger partial charge is 0.294 e. The molecule has 21 heavy (non-hydrogen) atoms. The quantitative estimate of drug-likeness (QED) is 0.580. The first-order valence-electron chi connectivity index (χ1n) is 5.92. The van der Waals surface area contributed by atoms with Crippen LogP contribution in [0.1, 0.15) is 21.5 Å². The second-order valence-corrected chi connectivity index (χ2v) is 4.86. The maximum atomic E-state index is 13.5. The van der Waals surface area contributed by atoms with Crippen molar-refractivity contribution in [3.63, 3.8) is 0 Å². The third kappa shape index (κ3) is 3.82. The van der Waals surface area contributed by atoms with E-state index in [1.54, 1.807) is 0 Å². The number of alkyl halides is 3. The Hall–Kier alpha value is -1.88. The van der Waals surface area contributed by atoms with E-state index in [4.69, 9.17) is 11.6 Å². The van der Waals surface area contributed by atoms with Gasteiger partial charge in [-0.1, -0.05) is 23.7 Å². The first kappa shape index (κ1) is 15.5. The molecule has 0 unspecified atom stereocenters. The van der Waals surface area contributed by atoms with Crippen LogP contribution in [0, 0.1) is 5.82 Å². The maximum absolute atomic E-state index is 13.5. The molecule has 0 fully saturated rings. The van der Waals surface area contributed by atoms with Gasteiger partial charge in [-0.3, -0.25) is 4.79 Å². The minimum absolute atomic E-state index is 0.178. The van der Waals surface area contributed by atoms with Gasteiger partial charge in [0.15, 0.2) is 5.78 Å². The molecule has 0 aromatic heterocycles. The van der Waals surface area contributed by atoms with Crippen LogP contribution in [0.25, 0.3) is 0 Å². The Bertz CT molecular complexity index is 662. The highest BCUT2D eigenvalue weighted by molar-refractivity contribution is 6.31. The third-order valence-corrected chi connectivity index (χ3v) is 3.11. The zero-order chi connectivity index (χ0) is 15.6. The van der Waals surface area contributed by atoms with E-state index in [-0.39, 0.29) is 17.0 Å². The molecule has 2 aromatic rings. The van der Waals surface area contributed by atoms with Crippen molar-refractivity contribution in [3.05, 3.63) is 70.0 Å². The number of hydrogen-bond donors (Lipinski definition) is 0. The lowest BCUT2D eigenvalue weighted by Crippen LogP contribution is -2.08. The molecular weight excluding hydrogens is 308 g/mol. The Kier molecular flexibility index (Phi) is 4.32. The van der Waals surface area contributed by atoms with Crippen molar-refractivity contribution in [2.24, 2.45) is 0 Å². The van der Waals surface area contributed by atoms with Crippen LogP contribution in [0.15, 0.2) is 42.5 Å². The van der Waals surface area contributed by atoms with Gasteiger partial charge in [0, 0.05) is 11.4 Å². The molecule has 0 N–H and O–H groups in total. The third-order valence-electron chi connectivity index (χ3n) is 2.87. The molecule has 0 heterocycles. The predicted molar refractivity (Wildman–Crippen MR) is 70.9 cm³/mol. The Labute approximate surface area is 123 Å². The number of carbonyl (C=O) groups excluding carboxylic acids is 1. The summed E-state index contributed by atoms with van der Waals surface area (Å²) in [6.07, 6.45) is -4.63. The summed E-state index contributed by atoms with van der Waals surface area (Å²) in [6, 6.07) is 7.75. The molecule has 2 rings (SSSR count). The van der Waals surface area contributed by atoms with Gasteiger partial charge in [0.05, 0.1) is 11.1 Å². The molecule has 2 aromatic carbocycles. The highest BCUT2D eigenvalue weighted by Crippen LogP contribution is 2.29. The molecule has 0 atom stereocenters. The zero-order valence-electron chi connectivity index (χ0n) is 10.5. The summed E-state index contributed by atoms with van der Waals surface area (Å²) < 4.78 is 50.8. The van der Waals surface area contributed by atoms with E-state index in [9.17, 15) is 22.4 Å². The van der Waals surface area contributed by atoms with E-state index >= 15 is 0 Å². The number of carbonyl (C=O) groups is 1. The highest BCUT2D eigenvalue weighted by Gasteiger charge is 2.30. The standard InChI is InChI=1S/C15H9ClF4O/c16-11-5-6-13(17)12(8-11)14(21)7-9-1-3-10(4-2-9)15(18,19)20/h1-6,8H,7H2. The molecule has 0 amide bonds. The summed E-state index contributed by atoms with van der Waals surface area (Å²) in [5.74, 6) is -1.26. The number of hydrogen-bond acceptors (Lipinski definition) is 1. The molecule has 0 bridgehead atoms. The van der Waals surface area contributed by atoms with Crippen molar-refractivity contribution in [1.82, 2.24) is 0 Å². The van der Waals surface area contributed by atoms with Crippen LogP contribution in [0.4, 0.5) is 17.6 Å². The summed E-state index contributed by atoms with van der Waals surface area (Å²) in [5, 5.41) is 0.215. The first-order valence-corrected chi connectivity index (χ1v) is 6.29.